The second-order valence-electron chi connectivity index (χ2n) is 2.94. The number of benzene rings is 1. The molecule has 0 amide bonds. The van der Waals surface area contributed by atoms with Crippen molar-refractivity contribution in [2.75, 3.05) is 25.3 Å². The summed E-state index contributed by atoms with van der Waals surface area (Å²) in [5.41, 5.74) is 7.47. The predicted octanol–water partition coefficient (Wildman–Crippen LogP) is 1.61. The summed E-state index contributed by atoms with van der Waals surface area (Å²) in [5.74, 6) is 1.45. The number of rotatable bonds is 5. The summed E-state index contributed by atoms with van der Waals surface area (Å²) in [4.78, 5) is 0. The Labute approximate surface area is 89.2 Å². The first-order chi connectivity index (χ1) is 6.77. The van der Waals surface area contributed by atoms with E-state index in [9.17, 15) is 0 Å². The molecule has 3 nitrogen and oxygen atoms in total. The van der Waals surface area contributed by atoms with Crippen molar-refractivity contribution in [3.8, 4) is 5.75 Å². The molecule has 0 bridgehead atoms. The second-order valence-corrected chi connectivity index (χ2v) is 3.32. The zero-order valence-electron chi connectivity index (χ0n) is 8.22. The molecule has 0 aromatic heterocycles. The van der Waals surface area contributed by atoms with Gasteiger partial charge in [0.15, 0.2) is 0 Å². The molecule has 0 atom stereocenters. The van der Waals surface area contributed by atoms with Gasteiger partial charge in [0.25, 0.3) is 0 Å². The third-order valence-corrected chi connectivity index (χ3v) is 2.08. The highest BCUT2D eigenvalue weighted by Gasteiger charge is 2.02. The fraction of sp³-hybridized carbons (Fsp3) is 0.400. The van der Waals surface area contributed by atoms with Crippen LogP contribution in [0.2, 0.25) is 0 Å². The summed E-state index contributed by atoms with van der Waals surface area (Å²) < 4.78 is 5.20. The van der Waals surface area contributed by atoms with E-state index in [0.29, 0.717) is 5.88 Å². The molecule has 4 heteroatoms. The van der Waals surface area contributed by atoms with Gasteiger partial charge >= 0.3 is 0 Å². The fourth-order valence-corrected chi connectivity index (χ4v) is 1.36. The summed E-state index contributed by atoms with van der Waals surface area (Å²) in [6.07, 6.45) is 0. The van der Waals surface area contributed by atoms with Crippen LogP contribution in [0.25, 0.3) is 0 Å². The van der Waals surface area contributed by atoms with Crippen molar-refractivity contribution in [1.29, 1.82) is 0 Å². The Morgan fingerprint density at radius 3 is 2.93 bits per heavy atom. The van der Waals surface area contributed by atoms with Crippen LogP contribution in [-0.2, 0) is 6.54 Å². The largest absolute Gasteiger partial charge is 0.496 e. The van der Waals surface area contributed by atoms with Gasteiger partial charge in [-0.3, -0.25) is 0 Å². The van der Waals surface area contributed by atoms with E-state index < -0.39 is 0 Å². The number of hydrogen-bond acceptors (Lipinski definition) is 3. The zero-order chi connectivity index (χ0) is 10.4. The first-order valence-electron chi connectivity index (χ1n) is 4.47. The van der Waals surface area contributed by atoms with Gasteiger partial charge in [-0.25, -0.2) is 0 Å². The molecular formula is C10H15ClN2O. The van der Waals surface area contributed by atoms with E-state index >= 15 is 0 Å². The Bertz CT molecular complexity index is 291. The van der Waals surface area contributed by atoms with Crippen LogP contribution in [0.4, 0.5) is 5.69 Å². The maximum atomic E-state index is 5.68. The molecule has 0 saturated heterocycles. The van der Waals surface area contributed by atoms with Gasteiger partial charge in [-0.15, -0.1) is 11.6 Å². The van der Waals surface area contributed by atoms with E-state index in [-0.39, 0.29) is 0 Å². The third-order valence-electron chi connectivity index (χ3n) is 1.89. The third kappa shape index (κ3) is 3.09. The number of halogens is 1. The normalized spacial score (nSPS) is 10.1. The maximum absolute atomic E-state index is 5.68. The molecule has 0 aliphatic heterocycles. The zero-order valence-corrected chi connectivity index (χ0v) is 8.97. The van der Waals surface area contributed by atoms with Crippen LogP contribution in [0.5, 0.6) is 5.75 Å². The number of nitrogen functional groups attached to an aromatic ring is 1. The molecule has 0 spiro atoms. The Kier molecular flexibility index (Phi) is 4.56. The monoisotopic (exact) mass is 214 g/mol. The predicted molar refractivity (Wildman–Crippen MR) is 59.8 cm³/mol. The number of methoxy groups -OCH3 is 1. The maximum Gasteiger partial charge on any atom is 0.123 e. The molecule has 0 saturated carbocycles. The van der Waals surface area contributed by atoms with Crippen molar-refractivity contribution in [3.05, 3.63) is 23.8 Å². The number of hydrogen-bond donors (Lipinski definition) is 2. The molecule has 1 aromatic carbocycles. The highest BCUT2D eigenvalue weighted by Crippen LogP contribution is 2.20. The number of anilines is 1. The second kappa shape index (κ2) is 5.73. The lowest BCUT2D eigenvalue weighted by molar-refractivity contribution is 0.408. The quantitative estimate of drug-likeness (QED) is 0.445. The topological polar surface area (TPSA) is 47.3 Å². The van der Waals surface area contributed by atoms with E-state index in [4.69, 9.17) is 22.1 Å². The fourth-order valence-electron chi connectivity index (χ4n) is 1.23. The SMILES string of the molecule is COc1ccc(N)cc1CNCCCl. The lowest BCUT2D eigenvalue weighted by Gasteiger charge is -2.09. The summed E-state index contributed by atoms with van der Waals surface area (Å²) in [7, 11) is 1.65. The van der Waals surface area contributed by atoms with Gasteiger partial charge < -0.3 is 15.8 Å². The number of alkyl halides is 1. The van der Waals surface area contributed by atoms with Crippen molar-refractivity contribution < 1.29 is 4.74 Å². The van der Waals surface area contributed by atoms with Gasteiger partial charge in [0, 0.05) is 30.2 Å². The minimum Gasteiger partial charge on any atom is -0.496 e. The van der Waals surface area contributed by atoms with Crippen LogP contribution in [-0.4, -0.2) is 19.5 Å². The summed E-state index contributed by atoms with van der Waals surface area (Å²) in [6.45, 7) is 1.50. The molecule has 0 fully saturated rings. The smallest absolute Gasteiger partial charge is 0.123 e. The lowest BCUT2D eigenvalue weighted by atomic mass is 10.2. The molecule has 1 aromatic rings. The van der Waals surface area contributed by atoms with Gasteiger partial charge in [-0.05, 0) is 18.2 Å². The Balaban J connectivity index is 2.67. The van der Waals surface area contributed by atoms with Crippen molar-refractivity contribution in [3.63, 3.8) is 0 Å². The molecule has 0 unspecified atom stereocenters. The van der Waals surface area contributed by atoms with Gasteiger partial charge in [-0.1, -0.05) is 0 Å². The van der Waals surface area contributed by atoms with E-state index in [1.807, 2.05) is 18.2 Å². The first kappa shape index (κ1) is 11.1. The first-order valence-corrected chi connectivity index (χ1v) is 5.00. The molecule has 0 aliphatic carbocycles. The highest BCUT2D eigenvalue weighted by molar-refractivity contribution is 6.18. The minimum absolute atomic E-state index is 0.602. The van der Waals surface area contributed by atoms with Gasteiger partial charge in [0.1, 0.15) is 5.75 Å². The van der Waals surface area contributed by atoms with E-state index in [2.05, 4.69) is 5.32 Å². The minimum atomic E-state index is 0.602. The molecule has 1 rings (SSSR count). The Morgan fingerprint density at radius 1 is 1.50 bits per heavy atom. The van der Waals surface area contributed by atoms with Crippen LogP contribution in [0.15, 0.2) is 18.2 Å². The molecule has 14 heavy (non-hydrogen) atoms. The molecule has 3 N–H and O–H groups in total. The van der Waals surface area contributed by atoms with E-state index in [1.54, 1.807) is 7.11 Å². The van der Waals surface area contributed by atoms with Crippen LogP contribution < -0.4 is 15.8 Å². The lowest BCUT2D eigenvalue weighted by Crippen LogP contribution is -2.16. The molecule has 78 valence electrons. The summed E-state index contributed by atoms with van der Waals surface area (Å²) >= 11 is 5.55. The number of nitrogens with two attached hydrogens (primary N) is 1. The van der Waals surface area contributed by atoms with Gasteiger partial charge in [0.05, 0.1) is 7.11 Å². The van der Waals surface area contributed by atoms with Crippen LogP contribution >= 0.6 is 11.6 Å². The molecule has 0 aliphatic rings. The highest BCUT2D eigenvalue weighted by atomic mass is 35.5. The van der Waals surface area contributed by atoms with Gasteiger partial charge in [0.2, 0.25) is 0 Å². The molecular weight excluding hydrogens is 200 g/mol. The Hall–Kier alpha value is -0.930. The van der Waals surface area contributed by atoms with Crippen LogP contribution in [0.1, 0.15) is 5.56 Å². The molecule has 0 heterocycles. The summed E-state index contributed by atoms with van der Waals surface area (Å²) in [5, 5.41) is 3.19. The molecule has 0 radical (unpaired) electrons. The van der Waals surface area contributed by atoms with Crippen LogP contribution in [0, 0.1) is 0 Å². The van der Waals surface area contributed by atoms with Crippen molar-refractivity contribution in [2.45, 2.75) is 6.54 Å². The summed E-state index contributed by atoms with van der Waals surface area (Å²) in [6, 6.07) is 5.59. The van der Waals surface area contributed by atoms with E-state index in [0.717, 1.165) is 30.1 Å². The van der Waals surface area contributed by atoms with E-state index in [1.165, 1.54) is 0 Å². The number of nitrogens with one attached hydrogen (secondary N) is 1. The van der Waals surface area contributed by atoms with Crippen LogP contribution in [0.3, 0.4) is 0 Å². The average Bonchev–Trinajstić information content (AvgIpc) is 2.19. The Morgan fingerprint density at radius 2 is 2.29 bits per heavy atom. The van der Waals surface area contributed by atoms with Crippen molar-refractivity contribution in [2.24, 2.45) is 0 Å². The average molecular weight is 215 g/mol. The number of ether oxygens (including phenoxy) is 1. The van der Waals surface area contributed by atoms with Crippen molar-refractivity contribution in [1.82, 2.24) is 5.32 Å². The standard InChI is InChI=1S/C10H15ClN2O/c1-14-10-3-2-9(12)6-8(10)7-13-5-4-11/h2-3,6,13H,4-5,7,12H2,1H3. The van der Waals surface area contributed by atoms with Gasteiger partial charge in [-0.2, -0.15) is 0 Å². The van der Waals surface area contributed by atoms with Crippen molar-refractivity contribution >= 4 is 17.3 Å².